The zero-order chi connectivity index (χ0) is 14.2. The van der Waals surface area contributed by atoms with E-state index in [2.05, 4.69) is 4.98 Å². The van der Waals surface area contributed by atoms with Crippen molar-refractivity contribution in [2.75, 3.05) is 0 Å². The van der Waals surface area contributed by atoms with E-state index in [0.29, 0.717) is 11.3 Å². The van der Waals surface area contributed by atoms with Crippen LogP contribution in [0.1, 0.15) is 0 Å². The van der Waals surface area contributed by atoms with Crippen LogP contribution in [0.5, 0.6) is 0 Å². The highest BCUT2D eigenvalue weighted by atomic mass is 16.4. The van der Waals surface area contributed by atoms with Crippen LogP contribution in [0.2, 0.25) is 0 Å². The molecule has 8 heteroatoms. The number of pyridine rings is 1. The Balaban J connectivity index is 2.79. The minimum absolute atomic E-state index is 0.0117. The molecule has 0 aliphatic heterocycles. The second-order valence-electron chi connectivity index (χ2n) is 4.03. The highest BCUT2D eigenvalue weighted by Gasteiger charge is 2.21. The second-order valence-corrected chi connectivity index (χ2v) is 4.03. The van der Waals surface area contributed by atoms with Crippen LogP contribution in [0, 0.1) is 0 Å². The van der Waals surface area contributed by atoms with Crippen molar-refractivity contribution in [2.45, 2.75) is 0 Å². The SMILES string of the molecule is [B]c1c([B])c(-c2ccccn2)c([B])c([B])c1B(O)O. The number of aromatic nitrogens is 1. The van der Waals surface area contributed by atoms with Crippen LogP contribution in [-0.2, 0) is 0 Å². The Morgan fingerprint density at radius 2 is 1.47 bits per heavy atom. The first-order valence-corrected chi connectivity index (χ1v) is 5.48. The van der Waals surface area contributed by atoms with Gasteiger partial charge in [0.15, 0.2) is 0 Å². The van der Waals surface area contributed by atoms with Gasteiger partial charge in [0, 0.05) is 6.20 Å². The van der Waals surface area contributed by atoms with E-state index in [1.807, 2.05) is 0 Å². The van der Waals surface area contributed by atoms with Gasteiger partial charge in [0.1, 0.15) is 31.4 Å². The third-order valence-corrected chi connectivity index (χ3v) is 2.88. The van der Waals surface area contributed by atoms with Crippen molar-refractivity contribution in [1.82, 2.24) is 4.98 Å². The van der Waals surface area contributed by atoms with E-state index in [1.165, 1.54) is 0 Å². The summed E-state index contributed by atoms with van der Waals surface area (Å²) in [6, 6.07) is 5.22. The third kappa shape index (κ3) is 2.38. The Morgan fingerprint density at radius 1 is 0.895 bits per heavy atom. The molecule has 8 radical (unpaired) electrons. The van der Waals surface area contributed by atoms with Gasteiger partial charge in [-0.05, 0) is 23.2 Å². The van der Waals surface area contributed by atoms with E-state index in [0.717, 1.165) is 0 Å². The van der Waals surface area contributed by atoms with E-state index in [4.69, 9.17) is 31.4 Å². The van der Waals surface area contributed by atoms with Crippen molar-refractivity contribution in [2.24, 2.45) is 0 Å². The van der Waals surface area contributed by atoms with Crippen molar-refractivity contribution < 1.29 is 10.0 Å². The van der Waals surface area contributed by atoms with Gasteiger partial charge >= 0.3 is 7.12 Å². The summed E-state index contributed by atoms with van der Waals surface area (Å²) in [5, 5.41) is 18.5. The second kappa shape index (κ2) is 5.31. The zero-order valence-corrected chi connectivity index (χ0v) is 10.0. The molecule has 1 aromatic heterocycles. The normalized spacial score (nSPS) is 10.4. The first-order chi connectivity index (χ1) is 8.95. The van der Waals surface area contributed by atoms with Gasteiger partial charge in [0.05, 0.1) is 5.69 Å². The highest BCUT2D eigenvalue weighted by Crippen LogP contribution is 2.08. The summed E-state index contributed by atoms with van der Waals surface area (Å²) in [5.41, 5.74) is 1.02. The maximum absolute atomic E-state index is 9.26. The van der Waals surface area contributed by atoms with E-state index in [1.54, 1.807) is 24.4 Å². The zero-order valence-electron chi connectivity index (χ0n) is 10.0. The van der Waals surface area contributed by atoms with Crippen molar-refractivity contribution in [1.29, 1.82) is 0 Å². The molecule has 1 aromatic carbocycles. The van der Waals surface area contributed by atoms with Crippen molar-refractivity contribution in [3.8, 4) is 11.3 Å². The summed E-state index contributed by atoms with van der Waals surface area (Å²) in [6.45, 7) is 0. The molecule has 3 nitrogen and oxygen atoms in total. The molecule has 0 saturated carbocycles. The van der Waals surface area contributed by atoms with Gasteiger partial charge in [-0.1, -0.05) is 17.0 Å². The fraction of sp³-hybridized carbons (Fsp3) is 0. The molecule has 2 N–H and O–H groups in total. The molecule has 0 saturated heterocycles. The summed E-state index contributed by atoms with van der Waals surface area (Å²) in [6.07, 6.45) is 1.58. The van der Waals surface area contributed by atoms with Crippen LogP contribution in [0.3, 0.4) is 0 Å². The highest BCUT2D eigenvalue weighted by molar-refractivity contribution is 6.76. The quantitative estimate of drug-likeness (QED) is 0.520. The third-order valence-electron chi connectivity index (χ3n) is 2.88. The standard InChI is InChI=1S/C11H6B5NO2/c12-7-6(5-3-1-2-4-17-5)8(13)10(15)11(9(7)14)16(18)19/h1-4,18-19H. The number of hydrogen-bond acceptors (Lipinski definition) is 3. The monoisotopic (exact) mass is 239 g/mol. The molecule has 2 aromatic rings. The lowest BCUT2D eigenvalue weighted by atomic mass is 9.56. The van der Waals surface area contributed by atoms with Crippen LogP contribution < -0.4 is 27.3 Å². The van der Waals surface area contributed by atoms with Crippen molar-refractivity contribution >= 4 is 65.8 Å². The predicted octanol–water partition coefficient (Wildman–Crippen LogP) is -4.40. The van der Waals surface area contributed by atoms with Gasteiger partial charge < -0.3 is 10.0 Å². The molecular formula is C11H6B5NO2. The molecule has 0 unspecified atom stereocenters. The minimum atomic E-state index is -1.85. The lowest BCUT2D eigenvalue weighted by molar-refractivity contribution is 0.426. The van der Waals surface area contributed by atoms with E-state index in [9.17, 15) is 10.0 Å². The fourth-order valence-electron chi connectivity index (χ4n) is 1.91. The van der Waals surface area contributed by atoms with Gasteiger partial charge in [0.2, 0.25) is 0 Å². The van der Waals surface area contributed by atoms with Gasteiger partial charge in [-0.15, -0.1) is 10.9 Å². The average molecular weight is 238 g/mol. The average Bonchev–Trinajstić information content (AvgIpc) is 2.38. The molecule has 0 fully saturated rings. The summed E-state index contributed by atoms with van der Waals surface area (Å²) < 4.78 is 0. The molecule has 0 atom stereocenters. The van der Waals surface area contributed by atoms with Gasteiger partial charge in [0.25, 0.3) is 0 Å². The van der Waals surface area contributed by atoms with Crippen LogP contribution >= 0.6 is 0 Å². The van der Waals surface area contributed by atoms with Crippen LogP contribution in [-0.4, -0.2) is 53.5 Å². The molecule has 19 heavy (non-hydrogen) atoms. The van der Waals surface area contributed by atoms with Crippen molar-refractivity contribution in [3.63, 3.8) is 0 Å². The molecule has 0 aliphatic carbocycles. The Labute approximate surface area is 117 Å². The van der Waals surface area contributed by atoms with E-state index < -0.39 is 7.12 Å². The van der Waals surface area contributed by atoms with Crippen LogP contribution in [0.4, 0.5) is 0 Å². The van der Waals surface area contributed by atoms with Crippen LogP contribution in [0.25, 0.3) is 11.3 Å². The van der Waals surface area contributed by atoms with Gasteiger partial charge in [-0.2, -0.15) is 0 Å². The number of hydrogen-bond donors (Lipinski definition) is 2. The number of rotatable bonds is 2. The topological polar surface area (TPSA) is 53.4 Å². The van der Waals surface area contributed by atoms with E-state index >= 15 is 0 Å². The summed E-state index contributed by atoms with van der Waals surface area (Å²) in [7, 11) is 21.5. The summed E-state index contributed by atoms with van der Waals surface area (Å²) in [4.78, 5) is 4.13. The Kier molecular flexibility index (Phi) is 3.92. The molecule has 82 valence electrons. The molecule has 1 heterocycles. The van der Waals surface area contributed by atoms with Gasteiger partial charge in [-0.25, -0.2) is 0 Å². The first kappa shape index (κ1) is 14.0. The predicted molar refractivity (Wildman–Crippen MR) is 81.1 cm³/mol. The smallest absolute Gasteiger partial charge is 0.423 e. The fourth-order valence-corrected chi connectivity index (χ4v) is 1.91. The van der Waals surface area contributed by atoms with Gasteiger partial charge in [-0.3, -0.25) is 4.98 Å². The molecule has 0 aliphatic rings. The minimum Gasteiger partial charge on any atom is -0.423 e. The van der Waals surface area contributed by atoms with Crippen LogP contribution in [0.15, 0.2) is 24.4 Å². The maximum Gasteiger partial charge on any atom is 0.487 e. The van der Waals surface area contributed by atoms with E-state index in [-0.39, 0.29) is 27.3 Å². The largest absolute Gasteiger partial charge is 0.487 e. The van der Waals surface area contributed by atoms with Crippen molar-refractivity contribution in [3.05, 3.63) is 24.4 Å². The lowest BCUT2D eigenvalue weighted by Gasteiger charge is -2.21. The maximum atomic E-state index is 9.26. The Morgan fingerprint density at radius 3 is 1.89 bits per heavy atom. The summed E-state index contributed by atoms with van der Waals surface area (Å²) in [5.74, 6) is 0. The lowest BCUT2D eigenvalue weighted by Crippen LogP contribution is -2.61. The first-order valence-electron chi connectivity index (χ1n) is 5.48. The number of nitrogens with zero attached hydrogens (tertiary/aromatic N) is 1. The molecular weight excluding hydrogens is 232 g/mol. The molecule has 0 bridgehead atoms. The molecule has 0 spiro atoms. The Bertz CT molecular complexity index is 589. The summed E-state index contributed by atoms with van der Waals surface area (Å²) >= 11 is 0. The Hall–Kier alpha value is -1.39. The number of benzene rings is 1. The molecule has 2 rings (SSSR count). The molecule has 0 amide bonds.